The number of para-hydroxylation sites is 2. The second-order valence-electron chi connectivity index (χ2n) is 5.24. The molecule has 1 aromatic carbocycles. The first kappa shape index (κ1) is 12.4. The number of anilines is 1. The molecule has 1 atom stereocenters. The minimum Gasteiger partial charge on any atom is -0.357 e. The Morgan fingerprint density at radius 1 is 1.26 bits per heavy atom. The monoisotopic (exact) mass is 256 g/mol. The van der Waals surface area contributed by atoms with Crippen LogP contribution in [0.3, 0.4) is 0 Å². The maximum atomic E-state index is 4.68. The third-order valence-corrected chi connectivity index (χ3v) is 3.73. The van der Waals surface area contributed by atoms with Gasteiger partial charge in [-0.3, -0.25) is 4.98 Å². The number of nitrogens with zero attached hydrogens (tertiary/aromatic N) is 3. The highest BCUT2D eigenvalue weighted by atomic mass is 15.2. The van der Waals surface area contributed by atoms with Gasteiger partial charge in [-0.05, 0) is 31.5 Å². The third kappa shape index (κ3) is 2.84. The fraction of sp³-hybridized carbons (Fsp3) is 0.467. The van der Waals surface area contributed by atoms with E-state index in [0.29, 0.717) is 6.04 Å². The summed E-state index contributed by atoms with van der Waals surface area (Å²) in [6.45, 7) is 2.13. The van der Waals surface area contributed by atoms with Gasteiger partial charge in [-0.25, -0.2) is 4.98 Å². The molecule has 3 rings (SSSR count). The summed E-state index contributed by atoms with van der Waals surface area (Å²) in [5.41, 5.74) is 1.92. The van der Waals surface area contributed by atoms with Crippen LogP contribution in [0.5, 0.6) is 0 Å². The fourth-order valence-corrected chi connectivity index (χ4v) is 2.64. The van der Waals surface area contributed by atoms with Gasteiger partial charge in [0.1, 0.15) is 5.82 Å². The maximum absolute atomic E-state index is 4.68. The SMILES string of the molecule is CN(C[C@H]1CCCCN1)c1cnc2ccccc2n1. The molecule has 1 saturated heterocycles. The summed E-state index contributed by atoms with van der Waals surface area (Å²) >= 11 is 0. The molecule has 0 bridgehead atoms. The molecule has 2 aromatic rings. The molecular weight excluding hydrogens is 236 g/mol. The number of fused-ring (bicyclic) bond motifs is 1. The van der Waals surface area contributed by atoms with Crippen molar-refractivity contribution in [2.75, 3.05) is 25.0 Å². The molecule has 100 valence electrons. The average molecular weight is 256 g/mol. The Bertz CT molecular complexity index is 549. The minimum atomic E-state index is 0.576. The van der Waals surface area contributed by atoms with Crippen molar-refractivity contribution in [3.63, 3.8) is 0 Å². The van der Waals surface area contributed by atoms with Gasteiger partial charge in [-0.2, -0.15) is 0 Å². The fourth-order valence-electron chi connectivity index (χ4n) is 2.64. The molecule has 0 spiro atoms. The minimum absolute atomic E-state index is 0.576. The molecule has 0 amide bonds. The van der Waals surface area contributed by atoms with Crippen LogP contribution in [0.4, 0.5) is 5.82 Å². The van der Waals surface area contributed by atoms with Crippen LogP contribution >= 0.6 is 0 Å². The van der Waals surface area contributed by atoms with Crippen molar-refractivity contribution in [2.24, 2.45) is 0 Å². The molecule has 4 heteroatoms. The molecule has 1 N–H and O–H groups in total. The van der Waals surface area contributed by atoms with Crippen LogP contribution in [0, 0.1) is 0 Å². The molecule has 0 aliphatic carbocycles. The molecule has 1 aromatic heterocycles. The summed E-state index contributed by atoms with van der Waals surface area (Å²) in [5.74, 6) is 0.950. The highest BCUT2D eigenvalue weighted by Gasteiger charge is 2.15. The smallest absolute Gasteiger partial charge is 0.147 e. The third-order valence-electron chi connectivity index (χ3n) is 3.73. The van der Waals surface area contributed by atoms with Gasteiger partial charge >= 0.3 is 0 Å². The molecule has 0 radical (unpaired) electrons. The Hall–Kier alpha value is -1.68. The van der Waals surface area contributed by atoms with E-state index in [1.165, 1.54) is 19.3 Å². The summed E-state index contributed by atoms with van der Waals surface area (Å²) in [6.07, 6.45) is 5.75. The number of nitrogens with one attached hydrogen (secondary N) is 1. The average Bonchev–Trinajstić information content (AvgIpc) is 2.48. The molecule has 0 saturated carbocycles. The van der Waals surface area contributed by atoms with Gasteiger partial charge in [0.15, 0.2) is 0 Å². The summed E-state index contributed by atoms with van der Waals surface area (Å²) in [5, 5.41) is 3.57. The molecule has 1 aliphatic rings. The van der Waals surface area contributed by atoms with Crippen molar-refractivity contribution in [1.29, 1.82) is 0 Å². The molecule has 2 heterocycles. The van der Waals surface area contributed by atoms with E-state index in [1.54, 1.807) is 0 Å². The summed E-state index contributed by atoms with van der Waals surface area (Å²) < 4.78 is 0. The highest BCUT2D eigenvalue weighted by molar-refractivity contribution is 5.75. The Kier molecular flexibility index (Phi) is 3.60. The topological polar surface area (TPSA) is 41.0 Å². The van der Waals surface area contributed by atoms with Crippen molar-refractivity contribution < 1.29 is 0 Å². The molecule has 4 nitrogen and oxygen atoms in total. The Morgan fingerprint density at radius 3 is 2.89 bits per heavy atom. The standard InChI is InChI=1S/C15H20N4/c1-19(11-12-6-4-5-9-16-12)15-10-17-13-7-2-3-8-14(13)18-15/h2-3,7-8,10,12,16H,4-6,9,11H2,1H3/t12-/m1/s1. The van der Waals surface area contributed by atoms with E-state index in [-0.39, 0.29) is 0 Å². The number of aromatic nitrogens is 2. The zero-order chi connectivity index (χ0) is 13.1. The van der Waals surface area contributed by atoms with Gasteiger partial charge in [0.2, 0.25) is 0 Å². The number of likely N-dealkylation sites (N-methyl/N-ethyl adjacent to an activating group) is 1. The quantitative estimate of drug-likeness (QED) is 0.914. The molecule has 1 aliphatic heterocycles. The van der Waals surface area contributed by atoms with Crippen LogP contribution in [0.2, 0.25) is 0 Å². The lowest BCUT2D eigenvalue weighted by Gasteiger charge is -2.28. The largest absolute Gasteiger partial charge is 0.357 e. The number of rotatable bonds is 3. The number of hydrogen-bond donors (Lipinski definition) is 1. The normalized spacial score (nSPS) is 19.5. The van der Waals surface area contributed by atoms with E-state index < -0.39 is 0 Å². The van der Waals surface area contributed by atoms with Gasteiger partial charge in [0.05, 0.1) is 17.2 Å². The van der Waals surface area contributed by atoms with E-state index in [2.05, 4.69) is 27.2 Å². The van der Waals surface area contributed by atoms with Crippen LogP contribution in [0.15, 0.2) is 30.5 Å². The number of benzene rings is 1. The van der Waals surface area contributed by atoms with Crippen molar-refractivity contribution in [3.05, 3.63) is 30.5 Å². The summed E-state index contributed by atoms with van der Waals surface area (Å²) in [6, 6.07) is 8.58. The second-order valence-corrected chi connectivity index (χ2v) is 5.24. The highest BCUT2D eigenvalue weighted by Crippen LogP contribution is 2.16. The van der Waals surface area contributed by atoms with Crippen LogP contribution in [0.1, 0.15) is 19.3 Å². The van der Waals surface area contributed by atoms with Crippen molar-refractivity contribution in [1.82, 2.24) is 15.3 Å². The summed E-state index contributed by atoms with van der Waals surface area (Å²) in [7, 11) is 2.09. The van der Waals surface area contributed by atoms with Gasteiger partial charge in [-0.15, -0.1) is 0 Å². The van der Waals surface area contributed by atoms with E-state index in [1.807, 2.05) is 30.5 Å². The Morgan fingerprint density at radius 2 is 2.11 bits per heavy atom. The lowest BCUT2D eigenvalue weighted by Crippen LogP contribution is -2.42. The predicted octanol–water partition coefficient (Wildman–Crippen LogP) is 2.21. The van der Waals surface area contributed by atoms with Crippen LogP contribution in [-0.4, -0.2) is 36.1 Å². The number of hydrogen-bond acceptors (Lipinski definition) is 4. The first-order chi connectivity index (χ1) is 9.33. The lowest BCUT2D eigenvalue weighted by atomic mass is 10.0. The van der Waals surface area contributed by atoms with Gasteiger partial charge in [-0.1, -0.05) is 18.6 Å². The Balaban J connectivity index is 1.75. The van der Waals surface area contributed by atoms with Gasteiger partial charge in [0.25, 0.3) is 0 Å². The molecule has 0 unspecified atom stereocenters. The molecule has 19 heavy (non-hydrogen) atoms. The van der Waals surface area contributed by atoms with Crippen molar-refractivity contribution >= 4 is 16.9 Å². The zero-order valence-electron chi connectivity index (χ0n) is 11.3. The van der Waals surface area contributed by atoms with Crippen LogP contribution in [-0.2, 0) is 0 Å². The first-order valence-corrected chi connectivity index (χ1v) is 6.99. The summed E-state index contributed by atoms with van der Waals surface area (Å²) in [4.78, 5) is 11.3. The lowest BCUT2D eigenvalue weighted by molar-refractivity contribution is 0.403. The Labute approximate surface area is 113 Å². The predicted molar refractivity (Wildman–Crippen MR) is 78.4 cm³/mol. The van der Waals surface area contributed by atoms with Crippen LogP contribution < -0.4 is 10.2 Å². The van der Waals surface area contributed by atoms with E-state index in [4.69, 9.17) is 0 Å². The maximum Gasteiger partial charge on any atom is 0.147 e. The molecular formula is C15H20N4. The van der Waals surface area contributed by atoms with Gasteiger partial charge < -0.3 is 10.2 Å². The van der Waals surface area contributed by atoms with E-state index in [9.17, 15) is 0 Å². The van der Waals surface area contributed by atoms with Crippen molar-refractivity contribution in [3.8, 4) is 0 Å². The molecule has 1 fully saturated rings. The van der Waals surface area contributed by atoms with Crippen molar-refractivity contribution in [2.45, 2.75) is 25.3 Å². The second kappa shape index (κ2) is 5.53. The van der Waals surface area contributed by atoms with E-state index >= 15 is 0 Å². The zero-order valence-corrected chi connectivity index (χ0v) is 11.3. The van der Waals surface area contributed by atoms with E-state index in [0.717, 1.165) is 29.9 Å². The van der Waals surface area contributed by atoms with Gasteiger partial charge in [0, 0.05) is 19.6 Å². The van der Waals surface area contributed by atoms with Crippen LogP contribution in [0.25, 0.3) is 11.0 Å². The first-order valence-electron chi connectivity index (χ1n) is 6.99. The number of piperidine rings is 1.